The van der Waals surface area contributed by atoms with E-state index in [1.54, 1.807) is 31.3 Å². The number of hydrogen-bond acceptors (Lipinski definition) is 6. The number of nitro benzene ring substituents is 1. The van der Waals surface area contributed by atoms with Crippen LogP contribution in [0.3, 0.4) is 0 Å². The number of hydrogen-bond donors (Lipinski definition) is 2. The average Bonchev–Trinajstić information content (AvgIpc) is 2.82. The minimum absolute atomic E-state index is 0.0710. The fourth-order valence-corrected chi connectivity index (χ4v) is 2.15. The van der Waals surface area contributed by atoms with Gasteiger partial charge in [-0.1, -0.05) is 6.07 Å². The van der Waals surface area contributed by atoms with Crippen LogP contribution in [-0.4, -0.2) is 20.0 Å². The smallest absolute Gasteiger partial charge is 0.270 e. The predicted octanol–water partition coefficient (Wildman–Crippen LogP) is 3.90. The van der Waals surface area contributed by atoms with Gasteiger partial charge in [-0.3, -0.25) is 10.1 Å². The van der Waals surface area contributed by atoms with Crippen LogP contribution in [0.2, 0.25) is 0 Å². The Bertz CT molecular complexity index is 886. The first-order chi connectivity index (χ1) is 10.6. The summed E-state index contributed by atoms with van der Waals surface area (Å²) < 4.78 is 0. The summed E-state index contributed by atoms with van der Waals surface area (Å²) in [6.45, 7) is 1.71. The van der Waals surface area contributed by atoms with E-state index < -0.39 is 4.92 Å². The van der Waals surface area contributed by atoms with E-state index in [1.165, 1.54) is 12.1 Å². The number of nitro groups is 1. The molecule has 0 saturated heterocycles. The van der Waals surface area contributed by atoms with E-state index in [9.17, 15) is 15.2 Å². The summed E-state index contributed by atoms with van der Waals surface area (Å²) in [7, 11) is 0. The van der Waals surface area contributed by atoms with E-state index in [0.29, 0.717) is 22.3 Å². The van der Waals surface area contributed by atoms with Crippen molar-refractivity contribution in [1.82, 2.24) is 9.97 Å². The Morgan fingerprint density at radius 2 is 2.14 bits per heavy atom. The van der Waals surface area contributed by atoms with Crippen molar-refractivity contribution in [1.29, 1.82) is 0 Å². The Labute approximate surface area is 124 Å². The quantitative estimate of drug-likeness (QED) is 0.433. The van der Waals surface area contributed by atoms with Gasteiger partial charge >= 0.3 is 0 Å². The van der Waals surface area contributed by atoms with Gasteiger partial charge in [-0.2, -0.15) is 0 Å². The van der Waals surface area contributed by atoms with Crippen molar-refractivity contribution in [2.75, 3.05) is 0 Å². The zero-order valence-corrected chi connectivity index (χ0v) is 11.5. The lowest BCUT2D eigenvalue weighted by molar-refractivity contribution is -0.384. The van der Waals surface area contributed by atoms with Crippen LogP contribution < -0.4 is 0 Å². The molecular formula is C14H11N5O3. The minimum atomic E-state index is -0.490. The molecule has 0 bridgehead atoms. The molecule has 22 heavy (non-hydrogen) atoms. The van der Waals surface area contributed by atoms with Gasteiger partial charge in [0.05, 0.1) is 10.4 Å². The highest BCUT2D eigenvalue weighted by Crippen LogP contribution is 2.39. The molecule has 2 aromatic heterocycles. The van der Waals surface area contributed by atoms with Crippen LogP contribution in [0.25, 0.3) is 10.9 Å². The average molecular weight is 297 g/mol. The second-order valence-corrected chi connectivity index (χ2v) is 4.65. The Morgan fingerprint density at radius 1 is 1.32 bits per heavy atom. The number of benzene rings is 1. The highest BCUT2D eigenvalue weighted by Gasteiger charge is 2.17. The van der Waals surface area contributed by atoms with Crippen LogP contribution in [-0.2, 0) is 0 Å². The minimum Gasteiger partial charge on any atom is -0.493 e. The van der Waals surface area contributed by atoms with E-state index in [1.807, 2.05) is 0 Å². The lowest BCUT2D eigenvalue weighted by Crippen LogP contribution is -1.88. The first-order valence-electron chi connectivity index (χ1n) is 6.38. The third-order valence-electron chi connectivity index (χ3n) is 3.16. The van der Waals surface area contributed by atoms with E-state index in [0.717, 1.165) is 0 Å². The fraction of sp³-hybridized carbons (Fsp3) is 0.0714. The summed E-state index contributed by atoms with van der Waals surface area (Å²) in [5, 5.41) is 29.3. The first kappa shape index (κ1) is 13.7. The molecule has 0 radical (unpaired) electrons. The van der Waals surface area contributed by atoms with E-state index in [-0.39, 0.29) is 17.3 Å². The summed E-state index contributed by atoms with van der Waals surface area (Å²) in [6.07, 6.45) is 1.57. The van der Waals surface area contributed by atoms with Crippen LogP contribution in [0.4, 0.5) is 17.2 Å². The maximum atomic E-state index is 11.0. The number of rotatable bonds is 3. The molecule has 0 unspecified atom stereocenters. The number of nitrogens with zero attached hydrogens (tertiary/aromatic N) is 4. The fourth-order valence-electron chi connectivity index (χ4n) is 2.15. The topological polar surface area (TPSA) is 117 Å². The van der Waals surface area contributed by atoms with E-state index >= 15 is 0 Å². The van der Waals surface area contributed by atoms with Crippen LogP contribution in [0.15, 0.2) is 46.8 Å². The third-order valence-corrected chi connectivity index (χ3v) is 3.16. The highest BCUT2D eigenvalue weighted by molar-refractivity contribution is 5.97. The van der Waals surface area contributed by atoms with Crippen molar-refractivity contribution in [2.24, 2.45) is 10.2 Å². The summed E-state index contributed by atoms with van der Waals surface area (Å²) in [5.74, 6) is 0.177. The number of azo groups is 1. The third kappa shape index (κ3) is 2.37. The van der Waals surface area contributed by atoms with E-state index in [2.05, 4.69) is 20.2 Å². The molecule has 1 aromatic carbocycles. The van der Waals surface area contributed by atoms with Gasteiger partial charge in [0.15, 0.2) is 11.5 Å². The van der Waals surface area contributed by atoms with Gasteiger partial charge in [0.1, 0.15) is 0 Å². The molecule has 2 heterocycles. The molecular weight excluding hydrogens is 286 g/mol. The lowest BCUT2D eigenvalue weighted by Gasteiger charge is -1.97. The number of aryl methyl sites for hydroxylation is 1. The second-order valence-electron chi connectivity index (χ2n) is 4.65. The van der Waals surface area contributed by atoms with Crippen LogP contribution >= 0.6 is 0 Å². The van der Waals surface area contributed by atoms with Gasteiger partial charge in [0.25, 0.3) is 5.69 Å². The summed E-state index contributed by atoms with van der Waals surface area (Å²) in [6, 6.07) is 7.94. The largest absolute Gasteiger partial charge is 0.493 e. The number of nitrogens with one attached hydrogen (secondary N) is 1. The zero-order chi connectivity index (χ0) is 15.7. The van der Waals surface area contributed by atoms with Crippen molar-refractivity contribution >= 4 is 28.1 Å². The van der Waals surface area contributed by atoms with Crippen molar-refractivity contribution in [3.05, 3.63) is 52.2 Å². The molecule has 110 valence electrons. The molecule has 0 aliphatic heterocycles. The summed E-state index contributed by atoms with van der Waals surface area (Å²) >= 11 is 0. The molecule has 0 saturated carbocycles. The molecule has 0 atom stereocenters. The zero-order valence-electron chi connectivity index (χ0n) is 11.5. The van der Waals surface area contributed by atoms with Crippen LogP contribution in [0, 0.1) is 17.0 Å². The van der Waals surface area contributed by atoms with Gasteiger partial charge < -0.3 is 10.1 Å². The molecule has 0 fully saturated rings. The van der Waals surface area contributed by atoms with Gasteiger partial charge in [0, 0.05) is 23.7 Å². The van der Waals surface area contributed by atoms with Crippen molar-refractivity contribution in [2.45, 2.75) is 6.92 Å². The van der Waals surface area contributed by atoms with Crippen molar-refractivity contribution in [3.63, 3.8) is 0 Å². The number of aromatic nitrogens is 2. The number of aromatic hydroxyl groups is 1. The Hall–Kier alpha value is -3.29. The van der Waals surface area contributed by atoms with E-state index in [4.69, 9.17) is 0 Å². The number of aromatic amines is 1. The maximum absolute atomic E-state index is 11.0. The monoisotopic (exact) mass is 297 g/mol. The molecule has 0 spiro atoms. The highest BCUT2D eigenvalue weighted by atomic mass is 16.6. The standard InChI is InChI=1S/C14H11N5O3/c1-8-6-9(19(21)22)7-10-12(8)16-14(20)13(10)18-17-11-4-2-3-5-15-11/h2-7,16,20H,1H3. The van der Waals surface area contributed by atoms with Gasteiger partial charge in [-0.25, -0.2) is 4.98 Å². The lowest BCUT2D eigenvalue weighted by atomic mass is 10.1. The van der Waals surface area contributed by atoms with Crippen LogP contribution in [0.5, 0.6) is 5.88 Å². The molecule has 2 N–H and O–H groups in total. The van der Waals surface area contributed by atoms with Gasteiger partial charge in [0.2, 0.25) is 5.88 Å². The van der Waals surface area contributed by atoms with Crippen molar-refractivity contribution < 1.29 is 10.0 Å². The van der Waals surface area contributed by atoms with Gasteiger partial charge in [-0.05, 0) is 24.6 Å². The molecule has 8 heteroatoms. The predicted molar refractivity (Wildman–Crippen MR) is 79.8 cm³/mol. The molecule has 3 rings (SSSR count). The number of H-pyrrole nitrogens is 1. The normalized spacial score (nSPS) is 11.3. The Kier molecular flexibility index (Phi) is 3.26. The maximum Gasteiger partial charge on any atom is 0.270 e. The number of fused-ring (bicyclic) bond motifs is 1. The molecule has 0 aliphatic rings. The summed E-state index contributed by atoms with van der Waals surface area (Å²) in [4.78, 5) is 17.2. The van der Waals surface area contributed by atoms with Gasteiger partial charge in [-0.15, -0.1) is 10.2 Å². The number of non-ortho nitro benzene ring substituents is 1. The number of pyridine rings is 1. The summed E-state index contributed by atoms with van der Waals surface area (Å²) in [5.41, 5.74) is 1.29. The Morgan fingerprint density at radius 3 is 2.82 bits per heavy atom. The molecule has 3 aromatic rings. The second kappa shape index (κ2) is 5.24. The molecule has 0 amide bonds. The van der Waals surface area contributed by atoms with Crippen molar-refractivity contribution in [3.8, 4) is 5.88 Å². The SMILES string of the molecule is Cc1cc([N+](=O)[O-])cc2c(N=Nc3ccccn3)c(O)[nH]c12. The molecule has 8 nitrogen and oxygen atoms in total. The first-order valence-corrected chi connectivity index (χ1v) is 6.38. The van der Waals surface area contributed by atoms with Crippen LogP contribution in [0.1, 0.15) is 5.56 Å². The Balaban J connectivity index is 2.15. The molecule has 0 aliphatic carbocycles.